The third-order valence-corrected chi connectivity index (χ3v) is 10.5. The van der Waals surface area contributed by atoms with Crippen LogP contribution in [0.1, 0.15) is 202 Å². The summed E-state index contributed by atoms with van der Waals surface area (Å²) in [5.74, 6) is -20.2. The molecule has 8 unspecified atom stereocenters. The fraction of sp³-hybridized carbons (Fsp3) is 0.714. The Kier molecular flexibility index (Phi) is 97.3. The minimum atomic E-state index is -1.27. The number of carboxylic acid groups (broad SMARTS) is 8. The first kappa shape index (κ1) is 112. The molecule has 26 nitrogen and oxygen atoms in total. The SMILES string of the molecule is CCC(C(C)=O)C(=O)[O-].CCC(C(C)=O)C(=O)[O-].CCC(C(C)=O)C(=O)[O-].CCC(C(C)=O)C(=O)[O-].CCC(C(C)=O)C(=O)[O-].CCC(C(C)=O)C(=O)[O-].CCC(C(C)=O)C(=O)[O-].CCC(C(C)=O)C(=O)[O-].CCCCO.CCCCO.[Zr+4].[Zr+4].[Zr]. The number of aliphatic hydroxyl groups is 2. The van der Waals surface area contributed by atoms with Crippen LogP contribution in [0.2, 0.25) is 0 Å². The number of rotatable bonds is 28. The molecule has 0 aliphatic carbocycles. The van der Waals surface area contributed by atoms with Crippen LogP contribution < -0.4 is 40.9 Å². The fourth-order valence-electron chi connectivity index (χ4n) is 5.28. The quantitative estimate of drug-likeness (QED) is 0.0714. The molecule has 0 aromatic heterocycles. The summed E-state index contributed by atoms with van der Waals surface area (Å²) < 4.78 is 0. The van der Waals surface area contributed by atoms with Gasteiger partial charge in [0.2, 0.25) is 0 Å². The summed E-state index contributed by atoms with van der Waals surface area (Å²) in [6.07, 6.45) is 6.61. The first-order chi connectivity index (χ1) is 37.6. The Labute approximate surface area is 558 Å². The minimum absolute atomic E-state index is 0. The second-order valence-electron chi connectivity index (χ2n) is 17.3. The molecule has 2 N–H and O–H groups in total. The number of aliphatic carboxylic acids is 8. The van der Waals surface area contributed by atoms with Crippen molar-refractivity contribution in [2.75, 3.05) is 13.2 Å². The molecule has 0 saturated carbocycles. The Morgan fingerprint density at radius 3 is 0.329 bits per heavy atom. The molecule has 0 heterocycles. The second kappa shape index (κ2) is 73.9. The largest absolute Gasteiger partial charge is 4.00 e. The van der Waals surface area contributed by atoms with Gasteiger partial charge in [-0.3, -0.25) is 38.4 Å². The van der Waals surface area contributed by atoms with Gasteiger partial charge in [0, 0.05) is 39.4 Å². The van der Waals surface area contributed by atoms with E-state index in [1.165, 1.54) is 55.4 Å². The predicted molar refractivity (Wildman–Crippen MR) is 280 cm³/mol. The van der Waals surface area contributed by atoms with Crippen LogP contribution in [-0.2, 0) is 155 Å². The van der Waals surface area contributed by atoms with Crippen LogP contribution >= 0.6 is 0 Å². The van der Waals surface area contributed by atoms with Crippen LogP contribution in [0.5, 0.6) is 0 Å². The Balaban J connectivity index is -0.0000000617. The number of carboxylic acids is 8. The molecule has 0 rings (SSSR count). The molecule has 8 atom stereocenters. The van der Waals surface area contributed by atoms with Crippen molar-refractivity contribution in [1.82, 2.24) is 0 Å². The first-order valence-corrected chi connectivity index (χ1v) is 26.5. The monoisotopic (exact) mass is 1450 g/mol. The molecule has 0 aromatic rings. The zero-order valence-electron chi connectivity index (χ0n) is 52.7. The molecule has 0 amide bonds. The van der Waals surface area contributed by atoms with E-state index in [1.807, 2.05) is 0 Å². The molecule has 0 bridgehead atoms. The topological polar surface area (TPSA) is 498 Å². The maximum atomic E-state index is 10.4. The molecular formula is C56H92O26Zr3. The Bertz CT molecular complexity index is 1420. The number of hydrogen-bond acceptors (Lipinski definition) is 26. The molecule has 29 heteroatoms. The van der Waals surface area contributed by atoms with E-state index in [2.05, 4.69) is 13.8 Å². The zero-order valence-corrected chi connectivity index (χ0v) is 60.1. The van der Waals surface area contributed by atoms with Crippen LogP contribution in [0.4, 0.5) is 0 Å². The summed E-state index contributed by atoms with van der Waals surface area (Å²) in [5.41, 5.74) is 0. The van der Waals surface area contributed by atoms with Gasteiger partial charge in [0.25, 0.3) is 0 Å². The number of unbranched alkanes of at least 4 members (excludes halogenated alkanes) is 2. The molecule has 0 radical (unpaired) electrons. The van der Waals surface area contributed by atoms with E-state index < -0.39 is 95.1 Å². The molecule has 0 saturated heterocycles. The summed E-state index contributed by atoms with van der Waals surface area (Å²) in [6, 6.07) is 0. The van der Waals surface area contributed by atoms with Crippen molar-refractivity contribution in [3.63, 3.8) is 0 Å². The minimum Gasteiger partial charge on any atom is -0.549 e. The van der Waals surface area contributed by atoms with E-state index in [4.69, 9.17) is 10.2 Å². The van der Waals surface area contributed by atoms with Crippen LogP contribution in [0.15, 0.2) is 0 Å². The number of hydrogen-bond donors (Lipinski definition) is 2. The van der Waals surface area contributed by atoms with Gasteiger partial charge in [-0.25, -0.2) is 0 Å². The number of Topliss-reactive ketones (excluding diaryl/α,β-unsaturated/α-hetero) is 8. The number of aliphatic hydroxyl groups excluding tert-OH is 2. The van der Waals surface area contributed by atoms with Crippen molar-refractivity contribution in [2.45, 2.75) is 202 Å². The Morgan fingerprint density at radius 2 is 0.329 bits per heavy atom. The molecule has 0 spiro atoms. The smallest absolute Gasteiger partial charge is 0.549 e. The van der Waals surface area contributed by atoms with Crippen LogP contribution in [-0.4, -0.2) is 117 Å². The number of ketones is 8. The summed E-state index contributed by atoms with van der Waals surface area (Å²) in [5, 5.41) is 96.5. The maximum absolute atomic E-state index is 10.4. The van der Waals surface area contributed by atoms with Crippen molar-refractivity contribution in [2.24, 2.45) is 47.3 Å². The summed E-state index contributed by atoms with van der Waals surface area (Å²) in [7, 11) is 0. The average molecular weight is 1450 g/mol. The van der Waals surface area contributed by atoms with Crippen molar-refractivity contribution >= 4 is 94.0 Å². The van der Waals surface area contributed by atoms with E-state index >= 15 is 0 Å². The third kappa shape index (κ3) is 75.7. The number of carbonyl (C=O) groups excluding carboxylic acids is 16. The Morgan fingerprint density at radius 1 is 0.247 bits per heavy atom. The van der Waals surface area contributed by atoms with Gasteiger partial charge < -0.3 is 89.4 Å². The first-order valence-electron chi connectivity index (χ1n) is 26.5. The fourth-order valence-corrected chi connectivity index (χ4v) is 5.28. The van der Waals surface area contributed by atoms with Crippen LogP contribution in [0.3, 0.4) is 0 Å². The average Bonchev–Trinajstić information content (AvgIpc) is 3.31. The van der Waals surface area contributed by atoms with Crippen molar-refractivity contribution < 1.29 is 206 Å². The van der Waals surface area contributed by atoms with Gasteiger partial charge in [-0.15, -0.1) is 0 Å². The number of carbonyl (C=O) groups is 16. The summed E-state index contributed by atoms with van der Waals surface area (Å²) >= 11 is 0. The van der Waals surface area contributed by atoms with Crippen molar-refractivity contribution in [1.29, 1.82) is 0 Å². The Hall–Kier alpha value is -4.31. The van der Waals surface area contributed by atoms with E-state index in [-0.39, 0.29) is 125 Å². The molecular weight excluding hydrogens is 1360 g/mol. The van der Waals surface area contributed by atoms with E-state index in [1.54, 1.807) is 55.4 Å². The van der Waals surface area contributed by atoms with Gasteiger partial charge in [0.15, 0.2) is 0 Å². The van der Waals surface area contributed by atoms with Crippen LogP contribution in [0.25, 0.3) is 0 Å². The second-order valence-corrected chi connectivity index (χ2v) is 17.3. The summed E-state index contributed by atoms with van der Waals surface area (Å²) in [4.78, 5) is 163. The maximum Gasteiger partial charge on any atom is 4.00 e. The van der Waals surface area contributed by atoms with Gasteiger partial charge in [-0.2, -0.15) is 0 Å². The van der Waals surface area contributed by atoms with Gasteiger partial charge in [-0.05, 0) is 120 Å². The van der Waals surface area contributed by atoms with Gasteiger partial charge in [-0.1, -0.05) is 82.1 Å². The van der Waals surface area contributed by atoms with Crippen molar-refractivity contribution in [3.8, 4) is 0 Å². The predicted octanol–water partition coefficient (Wildman–Crippen LogP) is -3.64. The van der Waals surface area contributed by atoms with Gasteiger partial charge >= 0.3 is 52.4 Å². The van der Waals surface area contributed by atoms with Gasteiger partial charge in [0.1, 0.15) is 46.3 Å². The molecule has 0 fully saturated rings. The van der Waals surface area contributed by atoms with Gasteiger partial charge in [0.05, 0.1) is 95.1 Å². The van der Waals surface area contributed by atoms with Crippen molar-refractivity contribution in [3.05, 3.63) is 0 Å². The normalized spacial score (nSPS) is 11.7. The molecule has 0 aromatic carbocycles. The van der Waals surface area contributed by atoms with Crippen LogP contribution in [0, 0.1) is 47.3 Å². The molecule has 0 aliphatic rings. The third-order valence-electron chi connectivity index (χ3n) is 10.5. The molecule has 85 heavy (non-hydrogen) atoms. The zero-order chi connectivity index (χ0) is 67.8. The van der Waals surface area contributed by atoms with E-state index in [0.29, 0.717) is 64.6 Å². The molecule has 0 aliphatic heterocycles. The summed E-state index contributed by atoms with van der Waals surface area (Å²) in [6.45, 7) is 27.9. The van der Waals surface area contributed by atoms with E-state index in [9.17, 15) is 118 Å². The van der Waals surface area contributed by atoms with E-state index in [0.717, 1.165) is 25.7 Å². The molecule has 484 valence electrons. The standard InChI is InChI=1S/8C6H10O3.2C4H10O.3Zr/c8*1-3-5(4(2)7)6(8)9;2*1-2-3-4-5;;;/h8*5H,3H2,1-2H3,(H,8,9);2*5H,2-4H2,1H3;;;/q;;;;;;;;;;;2*+4/p-8.